The number of carbonyl (C=O) groups is 2. The van der Waals surface area contributed by atoms with E-state index in [9.17, 15) is 19.7 Å². The Morgan fingerprint density at radius 2 is 1.67 bits per heavy atom. The molecule has 2 amide bonds. The van der Waals surface area contributed by atoms with Gasteiger partial charge in [0.15, 0.2) is 0 Å². The molecule has 3 aromatic carbocycles. The zero-order valence-electron chi connectivity index (χ0n) is 22.1. The molecule has 0 aliphatic heterocycles. The van der Waals surface area contributed by atoms with E-state index in [1.165, 1.54) is 29.2 Å². The van der Waals surface area contributed by atoms with Gasteiger partial charge in [0.1, 0.15) is 18.1 Å². The molecule has 0 aliphatic rings. The van der Waals surface area contributed by atoms with Gasteiger partial charge in [-0.05, 0) is 62.7 Å². The number of benzene rings is 3. The molecular formula is C29H29N5O5. The maximum absolute atomic E-state index is 13.4. The average molecular weight is 528 g/mol. The highest BCUT2D eigenvalue weighted by atomic mass is 16.6. The first-order valence-corrected chi connectivity index (χ1v) is 12.3. The largest absolute Gasteiger partial charge is 0.497 e. The number of anilines is 1. The van der Waals surface area contributed by atoms with Gasteiger partial charge in [-0.1, -0.05) is 30.3 Å². The number of ether oxygens (including phenoxy) is 1. The fourth-order valence-electron chi connectivity index (χ4n) is 4.21. The summed E-state index contributed by atoms with van der Waals surface area (Å²) in [4.78, 5) is 38.5. The molecule has 1 heterocycles. The Hall–Kier alpha value is -4.99. The van der Waals surface area contributed by atoms with Crippen LogP contribution in [-0.4, -0.2) is 51.1 Å². The molecule has 0 spiro atoms. The summed E-state index contributed by atoms with van der Waals surface area (Å²) in [5.74, 6) is 0.346. The number of nitrogens with one attached hydrogen (secondary N) is 1. The van der Waals surface area contributed by atoms with E-state index in [1.54, 1.807) is 25.6 Å². The summed E-state index contributed by atoms with van der Waals surface area (Å²) in [5, 5.41) is 18.7. The number of aromatic nitrogens is 2. The molecular weight excluding hydrogens is 498 g/mol. The van der Waals surface area contributed by atoms with Crippen LogP contribution in [-0.2, 0) is 4.79 Å². The molecule has 0 atom stereocenters. The summed E-state index contributed by atoms with van der Waals surface area (Å²) < 4.78 is 6.93. The van der Waals surface area contributed by atoms with Crippen molar-refractivity contribution in [3.05, 3.63) is 100 Å². The molecule has 0 fully saturated rings. The van der Waals surface area contributed by atoms with Gasteiger partial charge in [-0.15, -0.1) is 0 Å². The van der Waals surface area contributed by atoms with E-state index >= 15 is 0 Å². The van der Waals surface area contributed by atoms with Crippen LogP contribution in [0.1, 0.15) is 29.9 Å². The molecule has 4 aromatic rings. The summed E-state index contributed by atoms with van der Waals surface area (Å²) in [6, 6.07) is 21.9. The number of non-ortho nitro benzene ring substituents is 1. The van der Waals surface area contributed by atoms with Gasteiger partial charge >= 0.3 is 0 Å². The van der Waals surface area contributed by atoms with Crippen molar-refractivity contribution in [3.8, 4) is 22.6 Å². The first-order chi connectivity index (χ1) is 18.7. The van der Waals surface area contributed by atoms with Crippen molar-refractivity contribution < 1.29 is 19.2 Å². The van der Waals surface area contributed by atoms with Gasteiger partial charge in [0.25, 0.3) is 11.6 Å². The van der Waals surface area contributed by atoms with E-state index in [-0.39, 0.29) is 23.8 Å². The molecule has 0 saturated heterocycles. The lowest BCUT2D eigenvalue weighted by Gasteiger charge is -2.26. The lowest BCUT2D eigenvalue weighted by molar-refractivity contribution is -0.384. The van der Waals surface area contributed by atoms with Gasteiger partial charge in [0, 0.05) is 29.3 Å². The van der Waals surface area contributed by atoms with Crippen LogP contribution in [0.25, 0.3) is 16.8 Å². The third-order valence-electron chi connectivity index (χ3n) is 6.22. The summed E-state index contributed by atoms with van der Waals surface area (Å²) in [6.07, 6.45) is 0. The molecule has 200 valence electrons. The van der Waals surface area contributed by atoms with Crippen LogP contribution in [0.3, 0.4) is 0 Å². The normalized spacial score (nSPS) is 10.8. The van der Waals surface area contributed by atoms with Crippen LogP contribution < -0.4 is 10.1 Å². The fraction of sp³-hybridized carbons (Fsp3) is 0.207. The van der Waals surface area contributed by atoms with Crippen molar-refractivity contribution >= 4 is 23.3 Å². The molecule has 1 N–H and O–H groups in total. The van der Waals surface area contributed by atoms with E-state index < -0.39 is 16.7 Å². The van der Waals surface area contributed by atoms with Crippen LogP contribution in [0.2, 0.25) is 0 Å². The minimum atomic E-state index is -0.528. The van der Waals surface area contributed by atoms with Gasteiger partial charge in [-0.3, -0.25) is 19.7 Å². The van der Waals surface area contributed by atoms with Crippen LogP contribution in [0.5, 0.6) is 5.75 Å². The average Bonchev–Trinajstić information content (AvgIpc) is 3.26. The molecule has 1 aromatic heterocycles. The Bertz CT molecular complexity index is 1480. The zero-order valence-corrected chi connectivity index (χ0v) is 22.1. The van der Waals surface area contributed by atoms with E-state index in [1.807, 2.05) is 61.5 Å². The molecule has 10 heteroatoms. The topological polar surface area (TPSA) is 120 Å². The van der Waals surface area contributed by atoms with Crippen molar-refractivity contribution in [2.75, 3.05) is 19.0 Å². The fourth-order valence-corrected chi connectivity index (χ4v) is 4.21. The third kappa shape index (κ3) is 5.96. The smallest absolute Gasteiger partial charge is 0.269 e. The molecule has 0 unspecified atom stereocenters. The first-order valence-electron chi connectivity index (χ1n) is 12.3. The number of aryl methyl sites for hydroxylation is 1. The van der Waals surface area contributed by atoms with Crippen molar-refractivity contribution in [1.82, 2.24) is 14.7 Å². The Kier molecular flexibility index (Phi) is 8.04. The number of carbonyl (C=O) groups excluding carboxylic acids is 2. The Morgan fingerprint density at radius 1 is 1.03 bits per heavy atom. The number of amides is 2. The predicted molar refractivity (Wildman–Crippen MR) is 148 cm³/mol. The van der Waals surface area contributed by atoms with Crippen LogP contribution in [0.15, 0.2) is 78.9 Å². The van der Waals surface area contributed by atoms with Crippen molar-refractivity contribution in [3.63, 3.8) is 0 Å². The summed E-state index contributed by atoms with van der Waals surface area (Å²) in [7, 11) is 1.59. The van der Waals surface area contributed by atoms with Gasteiger partial charge < -0.3 is 15.0 Å². The van der Waals surface area contributed by atoms with Gasteiger partial charge in [-0.25, -0.2) is 4.68 Å². The number of nitrogens with zero attached hydrogens (tertiary/aromatic N) is 4. The van der Waals surface area contributed by atoms with Gasteiger partial charge in [0.2, 0.25) is 5.91 Å². The maximum Gasteiger partial charge on any atom is 0.269 e. The number of methoxy groups -OCH3 is 1. The van der Waals surface area contributed by atoms with E-state index in [0.29, 0.717) is 11.6 Å². The number of nitro groups is 1. The Labute approximate surface area is 226 Å². The highest BCUT2D eigenvalue weighted by Crippen LogP contribution is 2.33. The lowest BCUT2D eigenvalue weighted by atomic mass is 10.1. The number of hydrogen-bond acceptors (Lipinski definition) is 6. The van der Waals surface area contributed by atoms with Crippen LogP contribution >= 0.6 is 0 Å². The van der Waals surface area contributed by atoms with Gasteiger partial charge in [0.05, 0.1) is 23.4 Å². The Balaban J connectivity index is 1.66. The van der Waals surface area contributed by atoms with Crippen molar-refractivity contribution in [1.29, 1.82) is 0 Å². The molecule has 4 rings (SSSR count). The second-order valence-electron chi connectivity index (χ2n) is 9.16. The number of rotatable bonds is 9. The standard InChI is InChI=1S/C29H29N5O5/c1-19(2)32(29(36)22-10-12-24(13-11-22)34(37)38)18-26(35)30-28-27(21-8-6-5-7-9-21)20(3)31-33(28)23-14-16-25(39-4)17-15-23/h5-17,19H,18H2,1-4H3,(H,30,35). The monoisotopic (exact) mass is 527 g/mol. The zero-order chi connectivity index (χ0) is 28.1. The molecule has 10 nitrogen and oxygen atoms in total. The molecule has 0 radical (unpaired) electrons. The van der Waals surface area contributed by atoms with E-state index in [0.717, 1.165) is 22.5 Å². The molecule has 0 aliphatic carbocycles. The predicted octanol–water partition coefficient (Wildman–Crippen LogP) is 5.25. The van der Waals surface area contributed by atoms with Crippen LogP contribution in [0.4, 0.5) is 11.5 Å². The summed E-state index contributed by atoms with van der Waals surface area (Å²) >= 11 is 0. The summed E-state index contributed by atoms with van der Waals surface area (Å²) in [6.45, 7) is 5.25. The van der Waals surface area contributed by atoms with E-state index in [4.69, 9.17) is 9.84 Å². The lowest BCUT2D eigenvalue weighted by Crippen LogP contribution is -2.42. The highest BCUT2D eigenvalue weighted by Gasteiger charge is 2.25. The number of nitro benzene ring substituents is 1. The quantitative estimate of drug-likeness (QED) is 0.234. The second-order valence-corrected chi connectivity index (χ2v) is 9.16. The molecule has 0 bridgehead atoms. The first kappa shape index (κ1) is 27.1. The van der Waals surface area contributed by atoms with Gasteiger partial charge in [-0.2, -0.15) is 5.10 Å². The maximum atomic E-state index is 13.4. The Morgan fingerprint density at radius 3 is 2.23 bits per heavy atom. The highest BCUT2D eigenvalue weighted by molar-refractivity contribution is 6.01. The van der Waals surface area contributed by atoms with Crippen molar-refractivity contribution in [2.45, 2.75) is 26.8 Å². The van der Waals surface area contributed by atoms with Crippen molar-refractivity contribution in [2.24, 2.45) is 0 Å². The minimum absolute atomic E-state index is 0.115. The molecule has 39 heavy (non-hydrogen) atoms. The van der Waals surface area contributed by atoms with Crippen LogP contribution in [0, 0.1) is 17.0 Å². The third-order valence-corrected chi connectivity index (χ3v) is 6.22. The minimum Gasteiger partial charge on any atom is -0.497 e. The molecule has 0 saturated carbocycles. The van der Waals surface area contributed by atoms with E-state index in [2.05, 4.69) is 5.32 Å². The SMILES string of the molecule is COc1ccc(-n2nc(C)c(-c3ccccc3)c2NC(=O)CN(C(=O)c2ccc([N+](=O)[O-])cc2)C(C)C)cc1. The summed E-state index contributed by atoms with van der Waals surface area (Å²) in [5.41, 5.74) is 3.22. The number of hydrogen-bond donors (Lipinski definition) is 1. The second kappa shape index (κ2) is 11.6.